The average molecular weight is 303 g/mol. The topological polar surface area (TPSA) is 66.4 Å². The largest absolute Gasteiger partial charge is 0.481 e. The van der Waals surface area contributed by atoms with Crippen LogP contribution >= 0.6 is 0 Å². The number of carboxylic acid groups (broad SMARTS) is 1. The SMILES string of the molecule is CC(C)Cc1ccc(CC(=O)N[C@H]2CC[C@@H](C(=O)O)C2)cc1. The Balaban J connectivity index is 1.81. The number of aliphatic carboxylic acids is 1. The van der Waals surface area contributed by atoms with Gasteiger partial charge < -0.3 is 10.4 Å². The lowest BCUT2D eigenvalue weighted by Gasteiger charge is -2.12. The summed E-state index contributed by atoms with van der Waals surface area (Å²) in [6.45, 7) is 4.38. The summed E-state index contributed by atoms with van der Waals surface area (Å²) in [5.74, 6) is -0.454. The first-order chi connectivity index (χ1) is 10.4. The molecule has 0 saturated heterocycles. The molecule has 4 nitrogen and oxygen atoms in total. The predicted molar refractivity (Wildman–Crippen MR) is 85.6 cm³/mol. The summed E-state index contributed by atoms with van der Waals surface area (Å²) in [6, 6.07) is 8.18. The number of benzene rings is 1. The van der Waals surface area contributed by atoms with E-state index in [1.807, 2.05) is 12.1 Å². The van der Waals surface area contributed by atoms with Gasteiger partial charge in [-0.05, 0) is 42.7 Å². The van der Waals surface area contributed by atoms with Gasteiger partial charge in [0.15, 0.2) is 0 Å². The van der Waals surface area contributed by atoms with Crippen LogP contribution in [0.1, 0.15) is 44.2 Å². The van der Waals surface area contributed by atoms with Crippen molar-refractivity contribution in [1.29, 1.82) is 0 Å². The van der Waals surface area contributed by atoms with Gasteiger partial charge in [0.1, 0.15) is 0 Å². The number of nitrogens with one attached hydrogen (secondary N) is 1. The van der Waals surface area contributed by atoms with Crippen LogP contribution in [0.15, 0.2) is 24.3 Å². The van der Waals surface area contributed by atoms with E-state index < -0.39 is 5.97 Å². The van der Waals surface area contributed by atoms with E-state index >= 15 is 0 Å². The highest BCUT2D eigenvalue weighted by Crippen LogP contribution is 2.25. The summed E-state index contributed by atoms with van der Waals surface area (Å²) in [5, 5.41) is 11.9. The van der Waals surface area contributed by atoms with E-state index in [0.29, 0.717) is 25.2 Å². The van der Waals surface area contributed by atoms with Gasteiger partial charge in [0.2, 0.25) is 5.91 Å². The Kier molecular flexibility index (Phi) is 5.58. The summed E-state index contributed by atoms with van der Waals surface area (Å²) in [4.78, 5) is 23.0. The quantitative estimate of drug-likeness (QED) is 0.849. The van der Waals surface area contributed by atoms with Gasteiger partial charge in [0, 0.05) is 6.04 Å². The maximum absolute atomic E-state index is 12.0. The normalized spacial score (nSPS) is 21.0. The molecule has 0 bridgehead atoms. The van der Waals surface area contributed by atoms with Crippen LogP contribution in [0, 0.1) is 11.8 Å². The highest BCUT2D eigenvalue weighted by Gasteiger charge is 2.30. The van der Waals surface area contributed by atoms with E-state index in [1.54, 1.807) is 0 Å². The molecule has 120 valence electrons. The van der Waals surface area contributed by atoms with Crippen molar-refractivity contribution in [1.82, 2.24) is 5.32 Å². The second kappa shape index (κ2) is 7.43. The van der Waals surface area contributed by atoms with Crippen LogP contribution in [0.5, 0.6) is 0 Å². The van der Waals surface area contributed by atoms with Crippen LogP contribution in [0.3, 0.4) is 0 Å². The fraction of sp³-hybridized carbons (Fsp3) is 0.556. The number of carboxylic acids is 1. The summed E-state index contributed by atoms with van der Waals surface area (Å²) in [5.41, 5.74) is 2.29. The second-order valence-corrected chi connectivity index (χ2v) is 6.70. The molecule has 0 radical (unpaired) electrons. The fourth-order valence-electron chi connectivity index (χ4n) is 3.07. The molecule has 4 heteroatoms. The number of hydrogen-bond donors (Lipinski definition) is 2. The zero-order valence-corrected chi connectivity index (χ0v) is 13.3. The third-order valence-electron chi connectivity index (χ3n) is 4.18. The van der Waals surface area contributed by atoms with Crippen molar-refractivity contribution in [3.8, 4) is 0 Å². The van der Waals surface area contributed by atoms with Gasteiger partial charge in [-0.25, -0.2) is 0 Å². The maximum atomic E-state index is 12.0. The van der Waals surface area contributed by atoms with Crippen molar-refractivity contribution in [3.63, 3.8) is 0 Å². The first-order valence-corrected chi connectivity index (χ1v) is 8.04. The van der Waals surface area contributed by atoms with Gasteiger partial charge in [-0.15, -0.1) is 0 Å². The Morgan fingerprint density at radius 2 is 1.82 bits per heavy atom. The monoisotopic (exact) mass is 303 g/mol. The second-order valence-electron chi connectivity index (χ2n) is 6.70. The number of hydrogen-bond acceptors (Lipinski definition) is 2. The van der Waals surface area contributed by atoms with Crippen molar-refractivity contribution in [2.24, 2.45) is 11.8 Å². The van der Waals surface area contributed by atoms with Crippen LogP contribution in [0.2, 0.25) is 0 Å². The van der Waals surface area contributed by atoms with Crippen molar-refractivity contribution in [3.05, 3.63) is 35.4 Å². The van der Waals surface area contributed by atoms with Gasteiger partial charge in [0.05, 0.1) is 12.3 Å². The Morgan fingerprint density at radius 1 is 1.18 bits per heavy atom. The fourth-order valence-corrected chi connectivity index (χ4v) is 3.07. The van der Waals surface area contributed by atoms with Gasteiger partial charge in [-0.3, -0.25) is 9.59 Å². The van der Waals surface area contributed by atoms with Gasteiger partial charge in [-0.2, -0.15) is 0 Å². The van der Waals surface area contributed by atoms with E-state index in [-0.39, 0.29) is 17.9 Å². The van der Waals surface area contributed by atoms with Crippen LogP contribution in [0.25, 0.3) is 0 Å². The molecule has 0 aliphatic heterocycles. The lowest BCUT2D eigenvalue weighted by Crippen LogP contribution is -2.34. The lowest BCUT2D eigenvalue weighted by atomic mass is 10.0. The zero-order valence-electron chi connectivity index (χ0n) is 13.3. The molecule has 0 spiro atoms. The van der Waals surface area contributed by atoms with Crippen molar-refractivity contribution in [2.75, 3.05) is 0 Å². The van der Waals surface area contributed by atoms with E-state index in [1.165, 1.54) is 5.56 Å². The molecular formula is C18H25NO3. The molecule has 0 heterocycles. The molecule has 22 heavy (non-hydrogen) atoms. The molecule has 2 atom stereocenters. The van der Waals surface area contributed by atoms with Gasteiger partial charge in [0.25, 0.3) is 0 Å². The van der Waals surface area contributed by atoms with E-state index in [0.717, 1.165) is 18.4 Å². The van der Waals surface area contributed by atoms with Crippen LogP contribution in [-0.4, -0.2) is 23.0 Å². The summed E-state index contributed by atoms with van der Waals surface area (Å²) >= 11 is 0. The van der Waals surface area contributed by atoms with Gasteiger partial charge in [-0.1, -0.05) is 38.1 Å². The van der Waals surface area contributed by atoms with Crippen LogP contribution in [0.4, 0.5) is 0 Å². The first kappa shape index (κ1) is 16.5. The molecular weight excluding hydrogens is 278 g/mol. The van der Waals surface area contributed by atoms with E-state index in [9.17, 15) is 9.59 Å². The summed E-state index contributed by atoms with van der Waals surface area (Å²) < 4.78 is 0. The Labute approximate surface area is 131 Å². The first-order valence-electron chi connectivity index (χ1n) is 8.04. The third kappa shape index (κ3) is 4.86. The standard InChI is InChI=1S/C18H25NO3/c1-12(2)9-13-3-5-14(6-4-13)10-17(20)19-16-8-7-15(11-16)18(21)22/h3-6,12,15-16H,7-11H2,1-2H3,(H,19,20)(H,21,22)/t15-,16+/m1/s1. The molecule has 1 aromatic rings. The average Bonchev–Trinajstić information content (AvgIpc) is 2.89. The molecule has 1 saturated carbocycles. The van der Waals surface area contributed by atoms with Crippen molar-refractivity contribution < 1.29 is 14.7 Å². The van der Waals surface area contributed by atoms with Crippen molar-refractivity contribution >= 4 is 11.9 Å². The minimum Gasteiger partial charge on any atom is -0.481 e. The molecule has 1 aliphatic rings. The minimum atomic E-state index is -0.752. The lowest BCUT2D eigenvalue weighted by molar-refractivity contribution is -0.141. The Bertz CT molecular complexity index is 522. The molecule has 1 aromatic carbocycles. The molecule has 0 unspecified atom stereocenters. The smallest absolute Gasteiger partial charge is 0.306 e. The highest BCUT2D eigenvalue weighted by atomic mass is 16.4. The van der Waals surface area contributed by atoms with Crippen molar-refractivity contribution in [2.45, 2.75) is 52.0 Å². The van der Waals surface area contributed by atoms with Crippen LogP contribution in [-0.2, 0) is 22.4 Å². The summed E-state index contributed by atoms with van der Waals surface area (Å²) in [6.07, 6.45) is 3.37. The number of amides is 1. The molecule has 1 aliphatic carbocycles. The van der Waals surface area contributed by atoms with E-state index in [4.69, 9.17) is 5.11 Å². The van der Waals surface area contributed by atoms with E-state index in [2.05, 4.69) is 31.3 Å². The molecule has 1 fully saturated rings. The third-order valence-corrected chi connectivity index (χ3v) is 4.18. The molecule has 2 N–H and O–H groups in total. The Hall–Kier alpha value is -1.84. The van der Waals surface area contributed by atoms with Crippen LogP contribution < -0.4 is 5.32 Å². The summed E-state index contributed by atoms with van der Waals surface area (Å²) in [7, 11) is 0. The van der Waals surface area contributed by atoms with Gasteiger partial charge >= 0.3 is 5.97 Å². The molecule has 0 aromatic heterocycles. The maximum Gasteiger partial charge on any atom is 0.306 e. The predicted octanol–water partition coefficient (Wildman–Crippen LogP) is 2.80. The zero-order chi connectivity index (χ0) is 16.1. The number of rotatable bonds is 6. The number of carbonyl (C=O) groups is 2. The highest BCUT2D eigenvalue weighted by molar-refractivity contribution is 5.79. The minimum absolute atomic E-state index is 0.00816. The number of carbonyl (C=O) groups excluding carboxylic acids is 1. The Morgan fingerprint density at radius 3 is 2.36 bits per heavy atom. The molecule has 1 amide bonds. The molecule has 2 rings (SSSR count).